The van der Waals surface area contributed by atoms with E-state index in [1.165, 1.54) is 13.2 Å². The summed E-state index contributed by atoms with van der Waals surface area (Å²) in [5, 5.41) is 8.90. The van der Waals surface area contributed by atoms with Crippen molar-refractivity contribution in [1.29, 1.82) is 0 Å². The summed E-state index contributed by atoms with van der Waals surface area (Å²) in [6, 6.07) is 6.65. The van der Waals surface area contributed by atoms with Gasteiger partial charge in [-0.1, -0.05) is 12.1 Å². The van der Waals surface area contributed by atoms with E-state index in [1.807, 2.05) is 0 Å². The number of nitrogens with two attached hydrogens (primary N) is 1. The van der Waals surface area contributed by atoms with Crippen molar-refractivity contribution in [3.63, 3.8) is 0 Å². The molecule has 0 aliphatic heterocycles. The van der Waals surface area contributed by atoms with E-state index in [0.29, 0.717) is 11.3 Å². The predicted molar refractivity (Wildman–Crippen MR) is 59.4 cm³/mol. The van der Waals surface area contributed by atoms with E-state index in [4.69, 9.17) is 15.6 Å². The summed E-state index contributed by atoms with van der Waals surface area (Å²) in [7, 11) is 1.52. The van der Waals surface area contributed by atoms with Gasteiger partial charge in [0.2, 0.25) is 11.7 Å². The summed E-state index contributed by atoms with van der Waals surface area (Å²) in [6.07, 6.45) is 1.08. The highest BCUT2D eigenvalue weighted by Crippen LogP contribution is 2.16. The summed E-state index contributed by atoms with van der Waals surface area (Å²) < 4.78 is 4.96. The van der Waals surface area contributed by atoms with Gasteiger partial charge < -0.3 is 9.84 Å². The van der Waals surface area contributed by atoms with Crippen LogP contribution in [0.4, 0.5) is 0 Å². The number of nitrogens with zero attached hydrogens (tertiary/aromatic N) is 1. The largest absolute Gasteiger partial charge is 0.497 e. The molecule has 0 saturated heterocycles. The van der Waals surface area contributed by atoms with Crippen LogP contribution < -0.4 is 10.5 Å². The zero-order chi connectivity index (χ0) is 12.9. The lowest BCUT2D eigenvalue weighted by Crippen LogP contribution is -2.48. The van der Waals surface area contributed by atoms with E-state index in [2.05, 4.69) is 4.99 Å². The predicted octanol–water partition coefficient (Wildman–Crippen LogP) is 0.313. The molecule has 0 aliphatic rings. The first-order valence-corrected chi connectivity index (χ1v) is 4.76. The van der Waals surface area contributed by atoms with Gasteiger partial charge in [0.1, 0.15) is 5.75 Å². The first-order valence-electron chi connectivity index (χ1n) is 4.76. The van der Waals surface area contributed by atoms with E-state index < -0.39 is 11.6 Å². The first-order chi connectivity index (χ1) is 8.01. The number of benzene rings is 1. The monoisotopic (exact) mass is 236 g/mol. The third kappa shape index (κ3) is 3.14. The minimum absolute atomic E-state index is 0.0957. The Labute approximate surface area is 97.7 Å². The van der Waals surface area contributed by atoms with Crippen LogP contribution in [-0.4, -0.2) is 29.9 Å². The number of hydrogen-bond donors (Lipinski definition) is 2. The van der Waals surface area contributed by atoms with E-state index >= 15 is 0 Å². The molecule has 1 atom stereocenters. The molecule has 0 unspecified atom stereocenters. The minimum Gasteiger partial charge on any atom is -0.497 e. The third-order valence-electron chi connectivity index (χ3n) is 2.25. The van der Waals surface area contributed by atoms with Gasteiger partial charge in [-0.05, 0) is 17.7 Å². The van der Waals surface area contributed by atoms with Crippen molar-refractivity contribution in [1.82, 2.24) is 0 Å². The van der Waals surface area contributed by atoms with Crippen LogP contribution in [0.3, 0.4) is 0 Å². The lowest BCUT2D eigenvalue weighted by molar-refractivity contribution is -0.143. The average Bonchev–Trinajstić information content (AvgIpc) is 2.30. The number of aliphatic imine (C=N–C) groups is 1. The SMILES string of the molecule is COc1ccc(C[C@@](N)(N=C=O)C(=O)O)cc1. The van der Waals surface area contributed by atoms with E-state index in [0.717, 1.165) is 0 Å². The zero-order valence-electron chi connectivity index (χ0n) is 9.21. The summed E-state index contributed by atoms with van der Waals surface area (Å²) in [4.78, 5) is 24.2. The lowest BCUT2D eigenvalue weighted by Gasteiger charge is -2.17. The van der Waals surface area contributed by atoms with E-state index in [-0.39, 0.29) is 6.42 Å². The number of rotatable bonds is 5. The van der Waals surface area contributed by atoms with Gasteiger partial charge in [0.25, 0.3) is 0 Å². The standard InChI is InChI=1S/C11H12N2O4/c1-17-9-4-2-8(3-5-9)6-11(12,10(15)16)13-7-14/h2-5H,6,12H2,1H3,(H,15,16)/t11-/m1/s1. The summed E-state index contributed by atoms with van der Waals surface area (Å²) in [5.74, 6) is -0.734. The molecule has 0 aromatic heterocycles. The Bertz CT molecular complexity index is 447. The molecule has 0 heterocycles. The molecule has 6 heteroatoms. The van der Waals surface area contributed by atoms with Crippen molar-refractivity contribution in [2.45, 2.75) is 12.1 Å². The summed E-state index contributed by atoms with van der Waals surface area (Å²) >= 11 is 0. The molecule has 1 aromatic rings. The van der Waals surface area contributed by atoms with Gasteiger partial charge >= 0.3 is 5.97 Å². The van der Waals surface area contributed by atoms with Gasteiger partial charge in [-0.25, -0.2) is 9.59 Å². The second-order valence-corrected chi connectivity index (χ2v) is 3.46. The number of aliphatic carboxylic acids is 1. The second-order valence-electron chi connectivity index (χ2n) is 3.46. The maximum Gasteiger partial charge on any atom is 0.347 e. The maximum atomic E-state index is 10.9. The van der Waals surface area contributed by atoms with Crippen molar-refractivity contribution < 1.29 is 19.4 Å². The smallest absolute Gasteiger partial charge is 0.347 e. The van der Waals surface area contributed by atoms with Crippen molar-refractivity contribution >= 4 is 12.0 Å². The Kier molecular flexibility index (Phi) is 3.98. The molecule has 1 rings (SSSR count). The number of hydrogen-bond acceptors (Lipinski definition) is 5. The van der Waals surface area contributed by atoms with Crippen LogP contribution in [-0.2, 0) is 16.0 Å². The van der Waals surface area contributed by atoms with Crippen molar-refractivity contribution in [2.75, 3.05) is 7.11 Å². The molecule has 0 spiro atoms. The number of ether oxygens (including phenoxy) is 1. The fourth-order valence-corrected chi connectivity index (χ4v) is 1.30. The molecule has 1 aromatic carbocycles. The number of carboxylic acid groups (broad SMARTS) is 1. The van der Waals surface area contributed by atoms with Crippen LogP contribution in [0.15, 0.2) is 29.3 Å². The summed E-state index contributed by atoms with van der Waals surface area (Å²) in [6.45, 7) is 0. The van der Waals surface area contributed by atoms with Gasteiger partial charge in [0.05, 0.1) is 7.11 Å². The molecule has 0 aliphatic carbocycles. The molecule has 0 radical (unpaired) electrons. The number of isocyanates is 1. The van der Waals surface area contributed by atoms with Crippen LogP contribution in [0.25, 0.3) is 0 Å². The molecule has 0 amide bonds. The number of carbonyl (C=O) groups is 1. The minimum atomic E-state index is -1.98. The van der Waals surface area contributed by atoms with Gasteiger partial charge in [-0.3, -0.25) is 5.73 Å². The molecule has 3 N–H and O–H groups in total. The topological polar surface area (TPSA) is 102 Å². The zero-order valence-corrected chi connectivity index (χ0v) is 9.21. The fraction of sp³-hybridized carbons (Fsp3) is 0.273. The maximum absolute atomic E-state index is 10.9. The summed E-state index contributed by atoms with van der Waals surface area (Å²) in [5.41, 5.74) is 4.15. The van der Waals surface area contributed by atoms with Crippen LogP contribution in [0, 0.1) is 0 Å². The quantitative estimate of drug-likeness (QED) is 0.566. The number of carbonyl (C=O) groups excluding carboxylic acids is 1. The third-order valence-corrected chi connectivity index (χ3v) is 2.25. The second kappa shape index (κ2) is 5.25. The highest BCUT2D eigenvalue weighted by molar-refractivity contribution is 5.79. The highest BCUT2D eigenvalue weighted by atomic mass is 16.5. The fourth-order valence-electron chi connectivity index (χ4n) is 1.30. The Morgan fingerprint density at radius 3 is 2.53 bits per heavy atom. The Morgan fingerprint density at radius 2 is 2.12 bits per heavy atom. The molecular weight excluding hydrogens is 224 g/mol. The van der Waals surface area contributed by atoms with Crippen molar-refractivity contribution in [3.8, 4) is 5.75 Å². The molecule has 0 saturated carbocycles. The van der Waals surface area contributed by atoms with Crippen LogP contribution >= 0.6 is 0 Å². The van der Waals surface area contributed by atoms with Gasteiger partial charge in [-0.2, -0.15) is 4.99 Å². The molecular formula is C11H12N2O4. The average molecular weight is 236 g/mol. The lowest BCUT2D eigenvalue weighted by atomic mass is 10.0. The Hall–Kier alpha value is -2.17. The Balaban J connectivity index is 2.94. The van der Waals surface area contributed by atoms with Crippen molar-refractivity contribution in [3.05, 3.63) is 29.8 Å². The van der Waals surface area contributed by atoms with Gasteiger partial charge in [0, 0.05) is 6.42 Å². The molecule has 0 bridgehead atoms. The Morgan fingerprint density at radius 1 is 1.53 bits per heavy atom. The highest BCUT2D eigenvalue weighted by Gasteiger charge is 2.34. The van der Waals surface area contributed by atoms with Crippen molar-refractivity contribution in [2.24, 2.45) is 10.7 Å². The van der Waals surface area contributed by atoms with Crippen LogP contribution in [0.1, 0.15) is 5.56 Å². The van der Waals surface area contributed by atoms with E-state index in [1.54, 1.807) is 24.3 Å². The van der Waals surface area contributed by atoms with Gasteiger partial charge in [0.15, 0.2) is 0 Å². The number of methoxy groups -OCH3 is 1. The van der Waals surface area contributed by atoms with Crippen LogP contribution in [0.5, 0.6) is 5.75 Å². The molecule has 90 valence electrons. The first kappa shape index (κ1) is 12.9. The van der Waals surface area contributed by atoms with Gasteiger partial charge in [-0.15, -0.1) is 0 Å². The van der Waals surface area contributed by atoms with E-state index in [9.17, 15) is 9.59 Å². The molecule has 17 heavy (non-hydrogen) atoms. The normalized spacial score (nSPS) is 13.3. The number of carboxylic acids is 1. The van der Waals surface area contributed by atoms with Crippen LogP contribution in [0.2, 0.25) is 0 Å². The molecule has 6 nitrogen and oxygen atoms in total. The molecule has 0 fully saturated rings.